The number of hydrogen-bond donors (Lipinski definition) is 0. The van der Waals surface area contributed by atoms with Crippen molar-refractivity contribution in [2.45, 2.75) is 50.3 Å². The molecule has 4 aliphatic carbocycles. The minimum atomic E-state index is -4.74. The standard InChI is InChI=1S/C33H33F3N2O6S/c1-37-24-4-6-26(25(16-24)33(34,35)36)44-27-5-3-20(14-28(27)41-2)15-29-30(39)38(31(40)45-29)7-8-42-9-10-43-32-17-21-11-22(18-32)13-23(12-21)19-32/h3-6,14-16,21-23H,7-13,17-19H2,2H3/b29-15-. The molecule has 0 spiro atoms. The fourth-order valence-electron chi connectivity index (χ4n) is 7.50. The lowest BCUT2D eigenvalue weighted by Crippen LogP contribution is -2.52. The van der Waals surface area contributed by atoms with E-state index in [0.29, 0.717) is 18.8 Å². The van der Waals surface area contributed by atoms with E-state index in [1.807, 2.05) is 0 Å². The minimum absolute atomic E-state index is 0.00753. The van der Waals surface area contributed by atoms with Crippen LogP contribution in [-0.4, -0.2) is 55.1 Å². The molecule has 1 aliphatic heterocycles. The van der Waals surface area contributed by atoms with Gasteiger partial charge >= 0.3 is 6.18 Å². The zero-order valence-electron chi connectivity index (χ0n) is 24.7. The number of thioether (sulfide) groups is 1. The number of ether oxygens (including phenoxy) is 4. The van der Waals surface area contributed by atoms with E-state index in [2.05, 4.69) is 4.85 Å². The van der Waals surface area contributed by atoms with Crippen molar-refractivity contribution in [3.63, 3.8) is 0 Å². The Kier molecular flexibility index (Phi) is 8.87. The fourth-order valence-corrected chi connectivity index (χ4v) is 8.37. The van der Waals surface area contributed by atoms with Crippen LogP contribution in [0.4, 0.5) is 23.7 Å². The van der Waals surface area contributed by atoms with Crippen LogP contribution in [0.5, 0.6) is 17.2 Å². The molecule has 2 aromatic rings. The summed E-state index contributed by atoms with van der Waals surface area (Å²) in [7, 11) is 1.33. The van der Waals surface area contributed by atoms with E-state index in [9.17, 15) is 22.8 Å². The van der Waals surface area contributed by atoms with Gasteiger partial charge in [-0.15, -0.1) is 0 Å². The number of hydrogen-bond acceptors (Lipinski definition) is 7. The van der Waals surface area contributed by atoms with E-state index < -0.39 is 28.6 Å². The molecule has 0 unspecified atom stereocenters. The number of rotatable bonds is 11. The number of alkyl halides is 3. The van der Waals surface area contributed by atoms with Crippen molar-refractivity contribution in [3.8, 4) is 17.2 Å². The molecule has 8 nitrogen and oxygen atoms in total. The number of nitrogens with zero attached hydrogens (tertiary/aromatic N) is 2. The summed E-state index contributed by atoms with van der Waals surface area (Å²) in [6, 6.07) is 7.49. The van der Waals surface area contributed by atoms with Crippen molar-refractivity contribution in [2.75, 3.05) is 33.5 Å². The quantitative estimate of drug-likeness (QED) is 0.139. The Hall–Kier alpha value is -3.53. The van der Waals surface area contributed by atoms with E-state index in [0.717, 1.165) is 65.8 Å². The Morgan fingerprint density at radius 2 is 1.67 bits per heavy atom. The first-order valence-corrected chi connectivity index (χ1v) is 15.8. The minimum Gasteiger partial charge on any atom is -0.493 e. The summed E-state index contributed by atoms with van der Waals surface area (Å²) in [4.78, 5) is 30.0. The molecular weight excluding hydrogens is 609 g/mol. The normalized spacial score (nSPS) is 26.5. The first-order chi connectivity index (χ1) is 21.6. The molecule has 5 aliphatic rings. The Bertz CT molecular complexity index is 1520. The monoisotopic (exact) mass is 642 g/mol. The summed E-state index contributed by atoms with van der Waals surface area (Å²) in [6.45, 7) is 8.21. The van der Waals surface area contributed by atoms with Crippen molar-refractivity contribution in [1.82, 2.24) is 4.90 Å². The predicted octanol–water partition coefficient (Wildman–Crippen LogP) is 8.10. The Morgan fingerprint density at radius 1 is 0.978 bits per heavy atom. The summed E-state index contributed by atoms with van der Waals surface area (Å²) in [6.07, 6.45) is 4.30. The van der Waals surface area contributed by atoms with Gasteiger partial charge in [-0.1, -0.05) is 12.1 Å². The number of halogens is 3. The smallest absolute Gasteiger partial charge is 0.418 e. The fraction of sp³-hybridized carbons (Fsp3) is 0.485. The Labute approximate surface area is 263 Å². The summed E-state index contributed by atoms with van der Waals surface area (Å²) in [5.41, 5.74) is -0.755. The van der Waals surface area contributed by atoms with E-state index in [1.54, 1.807) is 6.07 Å². The van der Waals surface area contributed by atoms with Gasteiger partial charge in [-0.25, -0.2) is 4.85 Å². The second kappa shape index (κ2) is 12.7. The molecule has 45 heavy (non-hydrogen) atoms. The topological polar surface area (TPSA) is 78.7 Å². The average molecular weight is 643 g/mol. The molecule has 0 atom stereocenters. The lowest BCUT2D eigenvalue weighted by molar-refractivity contribution is -0.169. The molecule has 0 aromatic heterocycles. The molecule has 238 valence electrons. The van der Waals surface area contributed by atoms with Crippen LogP contribution in [0.3, 0.4) is 0 Å². The molecule has 7 rings (SSSR count). The first kappa shape index (κ1) is 31.5. The van der Waals surface area contributed by atoms with Crippen LogP contribution in [0.15, 0.2) is 41.3 Å². The van der Waals surface area contributed by atoms with Crippen LogP contribution in [-0.2, 0) is 20.4 Å². The van der Waals surface area contributed by atoms with Crippen molar-refractivity contribution in [1.29, 1.82) is 0 Å². The predicted molar refractivity (Wildman–Crippen MR) is 161 cm³/mol. The van der Waals surface area contributed by atoms with Gasteiger partial charge in [0.2, 0.25) is 0 Å². The highest BCUT2D eigenvalue weighted by atomic mass is 32.2. The SMILES string of the molecule is [C-]#[N+]c1ccc(Oc2ccc(/C=C3\SC(=O)N(CCOCCOC45CC6CC(CC(C6)C4)C5)C3=O)cc2OC)c(C(F)(F)F)c1. The summed E-state index contributed by atoms with van der Waals surface area (Å²) >= 11 is 0.802. The number of carbonyl (C=O) groups excluding carboxylic acids is 2. The maximum absolute atomic E-state index is 13.6. The van der Waals surface area contributed by atoms with Crippen molar-refractivity contribution in [3.05, 3.63) is 63.8 Å². The highest BCUT2D eigenvalue weighted by Gasteiger charge is 2.51. The Morgan fingerprint density at radius 3 is 2.31 bits per heavy atom. The van der Waals surface area contributed by atoms with Gasteiger partial charge in [0, 0.05) is 0 Å². The zero-order chi connectivity index (χ0) is 31.8. The lowest BCUT2D eigenvalue weighted by Gasteiger charge is -2.56. The van der Waals surface area contributed by atoms with Gasteiger partial charge in [0.25, 0.3) is 11.1 Å². The molecular formula is C33H33F3N2O6S. The van der Waals surface area contributed by atoms with E-state index >= 15 is 0 Å². The molecule has 2 amide bonds. The second-order valence-corrected chi connectivity index (χ2v) is 13.2. The average Bonchev–Trinajstić information content (AvgIpc) is 3.25. The number of carbonyl (C=O) groups is 2. The molecule has 1 saturated heterocycles. The van der Waals surface area contributed by atoms with Crippen LogP contribution in [0, 0.1) is 24.3 Å². The highest BCUT2D eigenvalue weighted by molar-refractivity contribution is 8.18. The number of amides is 2. The maximum Gasteiger partial charge on any atom is 0.418 e. The maximum atomic E-state index is 13.6. The van der Waals surface area contributed by atoms with Crippen LogP contribution in [0.25, 0.3) is 10.9 Å². The summed E-state index contributed by atoms with van der Waals surface area (Å²) < 4.78 is 63.8. The molecule has 0 radical (unpaired) electrons. The van der Waals surface area contributed by atoms with Gasteiger partial charge in [0.1, 0.15) is 5.75 Å². The molecule has 4 bridgehead atoms. The van der Waals surface area contributed by atoms with Gasteiger partial charge in [0.05, 0.1) is 56.1 Å². The number of imide groups is 1. The van der Waals surface area contributed by atoms with Crippen LogP contribution in [0.1, 0.15) is 49.7 Å². The summed E-state index contributed by atoms with van der Waals surface area (Å²) in [5.74, 6) is 1.60. The van der Waals surface area contributed by atoms with Gasteiger partial charge < -0.3 is 18.9 Å². The third-order valence-electron chi connectivity index (χ3n) is 9.05. The zero-order valence-corrected chi connectivity index (χ0v) is 25.5. The van der Waals surface area contributed by atoms with Gasteiger partial charge in [-0.3, -0.25) is 14.5 Å². The van der Waals surface area contributed by atoms with Crippen LogP contribution in [0.2, 0.25) is 0 Å². The molecule has 1 heterocycles. The van der Waals surface area contributed by atoms with E-state index in [4.69, 9.17) is 25.5 Å². The summed E-state index contributed by atoms with van der Waals surface area (Å²) in [5, 5.41) is -0.408. The van der Waals surface area contributed by atoms with Gasteiger partial charge in [-0.05, 0) is 104 Å². The third kappa shape index (κ3) is 6.86. The number of methoxy groups -OCH3 is 1. The van der Waals surface area contributed by atoms with Crippen LogP contribution >= 0.6 is 11.8 Å². The van der Waals surface area contributed by atoms with E-state index in [1.165, 1.54) is 50.6 Å². The highest BCUT2D eigenvalue weighted by Crippen LogP contribution is 2.57. The second-order valence-electron chi connectivity index (χ2n) is 12.2. The molecule has 2 aromatic carbocycles. The molecule has 5 fully saturated rings. The molecule has 0 N–H and O–H groups in total. The largest absolute Gasteiger partial charge is 0.493 e. The number of benzene rings is 2. The third-order valence-corrected chi connectivity index (χ3v) is 9.96. The lowest BCUT2D eigenvalue weighted by atomic mass is 9.54. The Balaban J connectivity index is 1.03. The first-order valence-electron chi connectivity index (χ1n) is 15.0. The van der Waals surface area contributed by atoms with Gasteiger partial charge in [-0.2, -0.15) is 13.2 Å². The van der Waals surface area contributed by atoms with Crippen molar-refractivity contribution in [2.24, 2.45) is 17.8 Å². The molecule has 12 heteroatoms. The van der Waals surface area contributed by atoms with Gasteiger partial charge in [0.15, 0.2) is 17.2 Å². The van der Waals surface area contributed by atoms with E-state index in [-0.39, 0.29) is 40.8 Å². The van der Waals surface area contributed by atoms with Crippen molar-refractivity contribution < 1.29 is 41.7 Å². The molecule has 4 saturated carbocycles. The van der Waals surface area contributed by atoms with Crippen molar-refractivity contribution >= 4 is 34.7 Å². The van der Waals surface area contributed by atoms with Crippen LogP contribution < -0.4 is 9.47 Å².